The van der Waals surface area contributed by atoms with Crippen LogP contribution in [-0.4, -0.2) is 65.3 Å². The van der Waals surface area contributed by atoms with Gasteiger partial charge in [0.05, 0.1) is 35.3 Å². The Labute approximate surface area is 195 Å². The Kier molecular flexibility index (Phi) is 7.32. The van der Waals surface area contributed by atoms with E-state index in [-0.39, 0.29) is 5.69 Å². The third-order valence-electron chi connectivity index (χ3n) is 5.28. The van der Waals surface area contributed by atoms with Crippen molar-refractivity contribution in [2.45, 2.75) is 6.18 Å². The van der Waals surface area contributed by atoms with Gasteiger partial charge in [0, 0.05) is 26.2 Å². The molecule has 2 aromatic carbocycles. The van der Waals surface area contributed by atoms with Crippen LogP contribution in [0.3, 0.4) is 0 Å². The highest BCUT2D eigenvalue weighted by molar-refractivity contribution is 7.92. The van der Waals surface area contributed by atoms with E-state index in [4.69, 9.17) is 16.3 Å². The summed E-state index contributed by atoms with van der Waals surface area (Å²) in [5.41, 5.74) is -0.575. The SMILES string of the molecule is COc1ccccc1N1CCN(C(=O)CN(c2ccc(Cl)c(C(F)(F)F)c2)S(C)(=O)=O)CC1. The molecular formula is C21H23ClF3N3O4S. The number of anilines is 2. The zero-order valence-corrected chi connectivity index (χ0v) is 19.5. The maximum absolute atomic E-state index is 13.2. The van der Waals surface area contributed by atoms with Crippen molar-refractivity contribution in [3.8, 4) is 5.75 Å². The van der Waals surface area contributed by atoms with Gasteiger partial charge in [0.15, 0.2) is 0 Å². The summed E-state index contributed by atoms with van der Waals surface area (Å²) in [5.74, 6) is 0.187. The van der Waals surface area contributed by atoms with Crippen LogP contribution < -0.4 is 13.9 Å². The number of alkyl halides is 3. The van der Waals surface area contributed by atoms with Crippen molar-refractivity contribution in [3.63, 3.8) is 0 Å². The summed E-state index contributed by atoms with van der Waals surface area (Å²) >= 11 is 5.64. The van der Waals surface area contributed by atoms with E-state index in [2.05, 4.69) is 0 Å². The van der Waals surface area contributed by atoms with Crippen molar-refractivity contribution in [1.29, 1.82) is 0 Å². The first-order chi connectivity index (χ1) is 15.4. The predicted molar refractivity (Wildman–Crippen MR) is 120 cm³/mol. The molecule has 1 saturated heterocycles. The number of halogens is 4. The topological polar surface area (TPSA) is 70.2 Å². The van der Waals surface area contributed by atoms with Gasteiger partial charge in [0.1, 0.15) is 12.3 Å². The first kappa shape index (κ1) is 25.0. The average Bonchev–Trinajstić information content (AvgIpc) is 2.76. The monoisotopic (exact) mass is 505 g/mol. The van der Waals surface area contributed by atoms with E-state index in [1.165, 1.54) is 4.90 Å². The molecule has 0 spiro atoms. The van der Waals surface area contributed by atoms with Gasteiger partial charge < -0.3 is 14.5 Å². The van der Waals surface area contributed by atoms with Gasteiger partial charge in [-0.15, -0.1) is 0 Å². The lowest BCUT2D eigenvalue weighted by atomic mass is 10.2. The second-order valence-electron chi connectivity index (χ2n) is 7.47. The molecule has 0 saturated carbocycles. The van der Waals surface area contributed by atoms with Crippen LogP contribution in [0.4, 0.5) is 24.5 Å². The first-order valence-electron chi connectivity index (χ1n) is 9.92. The molecule has 3 rings (SSSR count). The van der Waals surface area contributed by atoms with Crippen LogP contribution in [0, 0.1) is 0 Å². The number of ether oxygens (including phenoxy) is 1. The molecule has 7 nitrogen and oxygen atoms in total. The molecule has 0 unspecified atom stereocenters. The van der Waals surface area contributed by atoms with Gasteiger partial charge in [0.2, 0.25) is 15.9 Å². The number of hydrogen-bond acceptors (Lipinski definition) is 5. The zero-order valence-electron chi connectivity index (χ0n) is 18.0. The molecule has 0 atom stereocenters. The van der Waals surface area contributed by atoms with Gasteiger partial charge in [-0.2, -0.15) is 13.2 Å². The van der Waals surface area contributed by atoms with Crippen LogP contribution >= 0.6 is 11.6 Å². The van der Waals surface area contributed by atoms with Crippen molar-refractivity contribution < 1.29 is 31.1 Å². The lowest BCUT2D eigenvalue weighted by molar-refractivity contribution is -0.137. The Balaban J connectivity index is 1.75. The van der Waals surface area contributed by atoms with E-state index in [1.54, 1.807) is 7.11 Å². The van der Waals surface area contributed by atoms with Crippen molar-refractivity contribution in [3.05, 3.63) is 53.1 Å². The molecule has 0 bridgehead atoms. The Bertz CT molecular complexity index is 1120. The quantitative estimate of drug-likeness (QED) is 0.601. The maximum Gasteiger partial charge on any atom is 0.417 e. The molecule has 2 aromatic rings. The summed E-state index contributed by atoms with van der Waals surface area (Å²) in [6, 6.07) is 10.2. The molecule has 1 heterocycles. The number of benzene rings is 2. The number of rotatable bonds is 6. The summed E-state index contributed by atoms with van der Waals surface area (Å²) in [6.45, 7) is 1.01. The van der Waals surface area contributed by atoms with Crippen LogP contribution in [-0.2, 0) is 21.0 Å². The molecule has 1 amide bonds. The molecular weight excluding hydrogens is 483 g/mol. The molecule has 0 aromatic heterocycles. The van der Waals surface area contributed by atoms with E-state index < -0.39 is 39.2 Å². The van der Waals surface area contributed by atoms with Crippen LogP contribution in [0.5, 0.6) is 5.75 Å². The smallest absolute Gasteiger partial charge is 0.417 e. The van der Waals surface area contributed by atoms with E-state index >= 15 is 0 Å². The fourth-order valence-corrected chi connectivity index (χ4v) is 4.66. The summed E-state index contributed by atoms with van der Waals surface area (Å²) in [4.78, 5) is 16.4. The van der Waals surface area contributed by atoms with Crippen molar-refractivity contribution in [2.75, 3.05) is 55.3 Å². The Morgan fingerprint density at radius 2 is 1.76 bits per heavy atom. The minimum atomic E-state index is -4.77. The van der Waals surface area contributed by atoms with E-state index in [0.29, 0.717) is 42.3 Å². The molecule has 33 heavy (non-hydrogen) atoms. The molecule has 0 radical (unpaired) electrons. The van der Waals surface area contributed by atoms with Gasteiger partial charge in [-0.25, -0.2) is 8.42 Å². The van der Waals surface area contributed by atoms with Crippen LogP contribution in [0.25, 0.3) is 0 Å². The Hall–Kier alpha value is -2.66. The third kappa shape index (κ3) is 5.83. The second-order valence-corrected chi connectivity index (χ2v) is 9.79. The van der Waals surface area contributed by atoms with Gasteiger partial charge >= 0.3 is 6.18 Å². The van der Waals surface area contributed by atoms with E-state index in [0.717, 1.165) is 24.1 Å². The normalized spacial score (nSPS) is 14.8. The number of nitrogens with zero attached hydrogens (tertiary/aromatic N) is 3. The summed E-state index contributed by atoms with van der Waals surface area (Å²) in [7, 11) is -2.47. The van der Waals surface area contributed by atoms with E-state index in [9.17, 15) is 26.4 Å². The third-order valence-corrected chi connectivity index (χ3v) is 6.75. The number of sulfonamides is 1. The summed E-state index contributed by atoms with van der Waals surface area (Å²) in [6.07, 6.45) is -3.93. The molecule has 1 aliphatic rings. The number of methoxy groups -OCH3 is 1. The van der Waals surface area contributed by atoms with Crippen LogP contribution in [0.1, 0.15) is 5.56 Å². The number of amides is 1. The number of piperazine rings is 1. The van der Waals surface area contributed by atoms with Gasteiger partial charge in [0.25, 0.3) is 0 Å². The highest BCUT2D eigenvalue weighted by atomic mass is 35.5. The number of hydrogen-bond donors (Lipinski definition) is 0. The minimum absolute atomic E-state index is 0.282. The summed E-state index contributed by atoms with van der Waals surface area (Å²) in [5, 5.41) is -0.557. The van der Waals surface area contributed by atoms with Crippen LogP contribution in [0.15, 0.2) is 42.5 Å². The van der Waals surface area contributed by atoms with Crippen molar-refractivity contribution in [1.82, 2.24) is 4.90 Å². The highest BCUT2D eigenvalue weighted by Gasteiger charge is 2.35. The summed E-state index contributed by atoms with van der Waals surface area (Å²) < 4.78 is 70.4. The van der Waals surface area contributed by atoms with Crippen LogP contribution in [0.2, 0.25) is 5.02 Å². The molecule has 1 aliphatic heterocycles. The van der Waals surface area contributed by atoms with Gasteiger partial charge in [-0.05, 0) is 30.3 Å². The number of carbonyl (C=O) groups is 1. The fraction of sp³-hybridized carbons (Fsp3) is 0.381. The largest absolute Gasteiger partial charge is 0.495 e. The average molecular weight is 506 g/mol. The highest BCUT2D eigenvalue weighted by Crippen LogP contribution is 2.37. The fourth-order valence-electron chi connectivity index (χ4n) is 3.60. The molecule has 180 valence electrons. The lowest BCUT2D eigenvalue weighted by Gasteiger charge is -2.37. The molecule has 1 fully saturated rings. The standard InChI is InChI=1S/C21H23ClF3N3O4S/c1-32-19-6-4-3-5-18(19)26-9-11-27(12-10-26)20(29)14-28(33(2,30)31)15-7-8-17(22)16(13-15)21(23,24)25/h3-8,13H,9-12,14H2,1-2H3. The zero-order chi connectivity index (χ0) is 24.4. The van der Waals surface area contributed by atoms with E-state index in [1.807, 2.05) is 29.2 Å². The Morgan fingerprint density at radius 1 is 1.12 bits per heavy atom. The molecule has 0 N–H and O–H groups in total. The first-order valence-corrected chi connectivity index (χ1v) is 12.1. The predicted octanol–water partition coefficient (Wildman–Crippen LogP) is 3.48. The van der Waals surface area contributed by atoms with Gasteiger partial charge in [-0.1, -0.05) is 23.7 Å². The minimum Gasteiger partial charge on any atom is -0.495 e. The Morgan fingerprint density at radius 3 is 2.33 bits per heavy atom. The number of para-hydroxylation sites is 2. The van der Waals surface area contributed by atoms with Crippen molar-refractivity contribution >= 4 is 38.9 Å². The molecule has 0 aliphatic carbocycles. The second kappa shape index (κ2) is 9.68. The van der Waals surface area contributed by atoms with Crippen molar-refractivity contribution in [2.24, 2.45) is 0 Å². The number of carbonyl (C=O) groups excluding carboxylic acids is 1. The maximum atomic E-state index is 13.2. The van der Waals surface area contributed by atoms with Gasteiger partial charge in [-0.3, -0.25) is 9.10 Å². The molecule has 12 heteroatoms. The lowest BCUT2D eigenvalue weighted by Crippen LogP contribution is -2.52.